The molecule has 0 bridgehead atoms. The zero-order chi connectivity index (χ0) is 15.9. The number of carbonyl (C=O) groups excluding carboxylic acids is 2. The smallest absolute Gasteiger partial charge is 0.340 e. The van der Waals surface area contributed by atoms with Crippen molar-refractivity contribution >= 4 is 28.2 Å². The molecule has 0 fully saturated rings. The molecule has 1 aromatic heterocycles. The fraction of sp³-hybridized carbons (Fsp3) is 0.294. The molecule has 0 atom stereocenters. The van der Waals surface area contributed by atoms with Gasteiger partial charge in [-0.25, -0.2) is 4.79 Å². The summed E-state index contributed by atoms with van der Waals surface area (Å²) < 4.78 is 4.80. The van der Waals surface area contributed by atoms with Crippen molar-refractivity contribution in [2.24, 2.45) is 0 Å². The number of nitrogens with one attached hydrogen (secondary N) is 1. The maximum Gasteiger partial charge on any atom is 0.340 e. The Kier molecular flexibility index (Phi) is 5.72. The number of ether oxygens (including phenoxy) is 1. The monoisotopic (exact) mass is 317 g/mol. The summed E-state index contributed by atoms with van der Waals surface area (Å²) in [7, 11) is 1.34. The van der Waals surface area contributed by atoms with E-state index in [1.165, 1.54) is 18.4 Å². The van der Waals surface area contributed by atoms with Gasteiger partial charge in [0.1, 0.15) is 5.00 Å². The second kappa shape index (κ2) is 7.75. The zero-order valence-corrected chi connectivity index (χ0v) is 13.5. The van der Waals surface area contributed by atoms with Gasteiger partial charge in [-0.1, -0.05) is 31.5 Å². The van der Waals surface area contributed by atoms with Crippen LogP contribution in [0.5, 0.6) is 0 Å². The minimum absolute atomic E-state index is 0.227. The first kappa shape index (κ1) is 16.2. The van der Waals surface area contributed by atoms with E-state index in [1.807, 2.05) is 12.1 Å². The molecule has 0 saturated heterocycles. The summed E-state index contributed by atoms with van der Waals surface area (Å²) in [5, 5.41) is 3.37. The van der Waals surface area contributed by atoms with Gasteiger partial charge in [0.25, 0.3) is 5.91 Å². The summed E-state index contributed by atoms with van der Waals surface area (Å²) in [6.07, 6.45) is 3.02. The van der Waals surface area contributed by atoms with E-state index in [0.717, 1.165) is 24.1 Å². The van der Waals surface area contributed by atoms with Crippen molar-refractivity contribution in [1.82, 2.24) is 0 Å². The van der Waals surface area contributed by atoms with E-state index in [-0.39, 0.29) is 5.91 Å². The Bertz CT molecular complexity index is 649. The maximum atomic E-state index is 12.2. The molecular weight excluding hydrogens is 298 g/mol. The third kappa shape index (κ3) is 3.95. The lowest BCUT2D eigenvalue weighted by Crippen LogP contribution is -2.13. The number of unbranched alkanes of at least 4 members (excludes halogenated alkanes) is 1. The minimum Gasteiger partial charge on any atom is -0.465 e. The van der Waals surface area contributed by atoms with Crippen molar-refractivity contribution in [3.63, 3.8) is 0 Å². The number of benzene rings is 1. The quantitative estimate of drug-likeness (QED) is 0.815. The Balaban J connectivity index is 2.22. The highest BCUT2D eigenvalue weighted by molar-refractivity contribution is 7.16. The summed E-state index contributed by atoms with van der Waals surface area (Å²) in [5.74, 6) is -0.656. The molecule has 0 unspecified atom stereocenters. The molecule has 0 aliphatic carbocycles. The zero-order valence-electron chi connectivity index (χ0n) is 12.7. The number of methoxy groups -OCH3 is 1. The molecule has 0 spiro atoms. The van der Waals surface area contributed by atoms with Crippen LogP contribution in [0.4, 0.5) is 5.00 Å². The largest absolute Gasteiger partial charge is 0.465 e. The highest BCUT2D eigenvalue weighted by Crippen LogP contribution is 2.30. The Morgan fingerprint density at radius 1 is 1.23 bits per heavy atom. The number of carbonyl (C=O) groups is 2. The average molecular weight is 317 g/mol. The van der Waals surface area contributed by atoms with E-state index in [4.69, 9.17) is 4.74 Å². The molecule has 2 rings (SSSR count). The van der Waals surface area contributed by atoms with Crippen LogP contribution >= 0.6 is 11.3 Å². The first-order chi connectivity index (χ1) is 10.7. The maximum absolute atomic E-state index is 12.2. The summed E-state index contributed by atoms with van der Waals surface area (Å²) in [6.45, 7) is 2.12. The number of anilines is 1. The van der Waals surface area contributed by atoms with E-state index in [1.54, 1.807) is 24.3 Å². The van der Waals surface area contributed by atoms with Crippen LogP contribution in [0.3, 0.4) is 0 Å². The van der Waals surface area contributed by atoms with Crippen molar-refractivity contribution in [2.75, 3.05) is 12.4 Å². The lowest BCUT2D eigenvalue weighted by atomic mass is 10.2. The lowest BCUT2D eigenvalue weighted by Gasteiger charge is -2.05. The van der Waals surface area contributed by atoms with Gasteiger partial charge >= 0.3 is 5.97 Å². The number of thiophene rings is 1. The molecule has 116 valence electrons. The van der Waals surface area contributed by atoms with Crippen molar-refractivity contribution in [2.45, 2.75) is 26.2 Å². The second-order valence-corrected chi connectivity index (χ2v) is 6.01. The molecule has 0 aliphatic rings. The molecule has 5 heteroatoms. The van der Waals surface area contributed by atoms with E-state index < -0.39 is 5.97 Å². The minimum atomic E-state index is -0.428. The standard InChI is InChI=1S/C17H19NO3S/c1-3-4-10-13-11-14(17(20)21-2)16(22-13)18-15(19)12-8-6-5-7-9-12/h5-9,11H,3-4,10H2,1-2H3,(H,18,19). The number of hydrogen-bond donors (Lipinski definition) is 1. The average Bonchev–Trinajstić information content (AvgIpc) is 2.95. The number of rotatable bonds is 6. The number of aryl methyl sites for hydroxylation is 1. The predicted octanol–water partition coefficient (Wildman–Crippen LogP) is 4.13. The molecule has 1 heterocycles. The van der Waals surface area contributed by atoms with Gasteiger partial charge in [-0.2, -0.15) is 0 Å². The number of esters is 1. The molecular formula is C17H19NO3S. The first-order valence-electron chi connectivity index (χ1n) is 7.23. The topological polar surface area (TPSA) is 55.4 Å². The van der Waals surface area contributed by atoms with E-state index in [9.17, 15) is 9.59 Å². The third-order valence-corrected chi connectivity index (χ3v) is 4.34. The van der Waals surface area contributed by atoms with Crippen LogP contribution in [-0.4, -0.2) is 19.0 Å². The second-order valence-electron chi connectivity index (χ2n) is 4.87. The summed E-state index contributed by atoms with van der Waals surface area (Å²) in [4.78, 5) is 25.2. The Morgan fingerprint density at radius 3 is 2.59 bits per heavy atom. The Hall–Kier alpha value is -2.14. The number of amides is 1. The van der Waals surface area contributed by atoms with Gasteiger partial charge in [0.2, 0.25) is 0 Å². The Labute approximate surface area is 134 Å². The fourth-order valence-corrected chi connectivity index (χ4v) is 3.12. The summed E-state index contributed by atoms with van der Waals surface area (Å²) >= 11 is 1.43. The normalized spacial score (nSPS) is 10.3. The van der Waals surface area contributed by atoms with Gasteiger partial charge in [0.05, 0.1) is 12.7 Å². The number of hydrogen-bond acceptors (Lipinski definition) is 4. The van der Waals surface area contributed by atoms with Crippen molar-refractivity contribution in [3.8, 4) is 0 Å². The third-order valence-electron chi connectivity index (χ3n) is 3.23. The fourth-order valence-electron chi connectivity index (χ4n) is 2.04. The van der Waals surface area contributed by atoms with Gasteiger partial charge in [0.15, 0.2) is 0 Å². The van der Waals surface area contributed by atoms with Crippen LogP contribution in [0.1, 0.15) is 45.4 Å². The molecule has 4 nitrogen and oxygen atoms in total. The molecule has 22 heavy (non-hydrogen) atoms. The van der Waals surface area contributed by atoms with Crippen LogP contribution in [0.25, 0.3) is 0 Å². The van der Waals surface area contributed by atoms with Crippen LogP contribution < -0.4 is 5.32 Å². The molecule has 0 radical (unpaired) electrons. The van der Waals surface area contributed by atoms with E-state index in [0.29, 0.717) is 16.1 Å². The predicted molar refractivity (Wildman–Crippen MR) is 88.7 cm³/mol. The SMILES string of the molecule is CCCCc1cc(C(=O)OC)c(NC(=O)c2ccccc2)s1. The van der Waals surface area contributed by atoms with E-state index in [2.05, 4.69) is 12.2 Å². The van der Waals surface area contributed by atoms with Crippen LogP contribution in [-0.2, 0) is 11.2 Å². The summed E-state index contributed by atoms with van der Waals surface area (Å²) in [6, 6.07) is 10.7. The van der Waals surface area contributed by atoms with Crippen LogP contribution in [0, 0.1) is 0 Å². The van der Waals surface area contributed by atoms with Crippen molar-refractivity contribution in [1.29, 1.82) is 0 Å². The van der Waals surface area contributed by atoms with Crippen molar-refractivity contribution < 1.29 is 14.3 Å². The highest BCUT2D eigenvalue weighted by Gasteiger charge is 2.18. The van der Waals surface area contributed by atoms with Crippen LogP contribution in [0.15, 0.2) is 36.4 Å². The molecule has 0 saturated carbocycles. The molecule has 0 aliphatic heterocycles. The van der Waals surface area contributed by atoms with E-state index >= 15 is 0 Å². The lowest BCUT2D eigenvalue weighted by molar-refractivity contribution is 0.0602. The highest BCUT2D eigenvalue weighted by atomic mass is 32.1. The van der Waals surface area contributed by atoms with Gasteiger partial charge < -0.3 is 10.1 Å². The van der Waals surface area contributed by atoms with Gasteiger partial charge in [-0.05, 0) is 31.0 Å². The van der Waals surface area contributed by atoms with Gasteiger partial charge in [-0.3, -0.25) is 4.79 Å². The van der Waals surface area contributed by atoms with Crippen molar-refractivity contribution in [3.05, 3.63) is 52.4 Å². The summed E-state index contributed by atoms with van der Waals surface area (Å²) in [5.41, 5.74) is 0.977. The van der Waals surface area contributed by atoms with Gasteiger partial charge in [-0.15, -0.1) is 11.3 Å². The first-order valence-corrected chi connectivity index (χ1v) is 8.04. The molecule has 2 aromatic rings. The molecule has 1 aromatic carbocycles. The van der Waals surface area contributed by atoms with Gasteiger partial charge in [0, 0.05) is 10.4 Å². The van der Waals surface area contributed by atoms with Crippen LogP contribution in [0.2, 0.25) is 0 Å². The Morgan fingerprint density at radius 2 is 1.95 bits per heavy atom. The molecule has 1 amide bonds. The molecule has 1 N–H and O–H groups in total.